The van der Waals surface area contributed by atoms with Crippen molar-refractivity contribution in [2.45, 2.75) is 25.6 Å². The summed E-state index contributed by atoms with van der Waals surface area (Å²) >= 11 is 1.63. The third-order valence-corrected chi connectivity index (χ3v) is 7.93. The number of nitrogens with zero attached hydrogens (tertiary/aromatic N) is 2. The Bertz CT molecular complexity index is 1310. The fraction of sp³-hybridized carbons (Fsp3) is 0.296. The van der Waals surface area contributed by atoms with Crippen LogP contribution in [0.2, 0.25) is 0 Å². The van der Waals surface area contributed by atoms with Crippen LogP contribution in [0.25, 0.3) is 0 Å². The lowest BCUT2D eigenvalue weighted by Crippen LogP contribution is -2.42. The maximum absolute atomic E-state index is 12.9. The second-order valence-electron chi connectivity index (χ2n) is 9.39. The molecule has 1 unspecified atom stereocenters. The first-order valence-electron chi connectivity index (χ1n) is 12.0. The van der Waals surface area contributed by atoms with E-state index in [4.69, 9.17) is 20.9 Å². The molecule has 1 saturated heterocycles. The molecule has 1 fully saturated rings. The zero-order valence-electron chi connectivity index (χ0n) is 20.4. The first kappa shape index (κ1) is 24.0. The van der Waals surface area contributed by atoms with Crippen LogP contribution in [0.15, 0.2) is 59.6 Å². The number of amides is 1. The molecule has 1 amide bonds. The van der Waals surface area contributed by atoms with Gasteiger partial charge < -0.3 is 31.4 Å². The number of fused-ring (bicyclic) bond motifs is 1. The molecule has 0 aliphatic carbocycles. The van der Waals surface area contributed by atoms with Crippen molar-refractivity contribution in [3.05, 3.63) is 81.0 Å². The van der Waals surface area contributed by atoms with Crippen LogP contribution in [0.4, 0.5) is 11.4 Å². The molecule has 36 heavy (non-hydrogen) atoms. The quantitative estimate of drug-likeness (QED) is 0.308. The van der Waals surface area contributed by atoms with E-state index in [1.54, 1.807) is 17.4 Å². The molecule has 0 spiro atoms. The molecule has 2 aromatic carbocycles. The summed E-state index contributed by atoms with van der Waals surface area (Å²) < 4.78 is 5.58. The molecule has 1 aromatic heterocycles. The molecule has 0 bridgehead atoms. The minimum absolute atomic E-state index is 0.115. The van der Waals surface area contributed by atoms with E-state index in [0.29, 0.717) is 30.0 Å². The normalized spacial score (nSPS) is 17.6. The molecule has 9 heteroatoms. The van der Waals surface area contributed by atoms with E-state index in [9.17, 15) is 4.79 Å². The fourth-order valence-corrected chi connectivity index (χ4v) is 5.70. The number of morpholine rings is 1. The average Bonchev–Trinajstić information content (AvgIpc) is 3.34. The van der Waals surface area contributed by atoms with Crippen molar-refractivity contribution in [3.8, 4) is 0 Å². The minimum atomic E-state index is -0.598. The predicted molar refractivity (Wildman–Crippen MR) is 145 cm³/mol. The topological polar surface area (TPSA) is 116 Å². The van der Waals surface area contributed by atoms with Gasteiger partial charge in [0.2, 0.25) is 0 Å². The van der Waals surface area contributed by atoms with Crippen molar-refractivity contribution in [1.82, 2.24) is 10.2 Å². The summed E-state index contributed by atoms with van der Waals surface area (Å²) in [5.41, 5.74) is 9.22. The Kier molecular flexibility index (Phi) is 6.51. The summed E-state index contributed by atoms with van der Waals surface area (Å²) in [6.07, 6.45) is 0.896. The molecule has 0 radical (unpaired) electrons. The van der Waals surface area contributed by atoms with Gasteiger partial charge in [-0.25, -0.2) is 4.99 Å². The number of nitrogens with one attached hydrogen (secondary N) is 3. The van der Waals surface area contributed by atoms with E-state index in [1.165, 1.54) is 6.21 Å². The van der Waals surface area contributed by atoms with Gasteiger partial charge in [-0.2, -0.15) is 0 Å². The lowest BCUT2D eigenvalue weighted by atomic mass is 10.0. The highest BCUT2D eigenvalue weighted by Gasteiger charge is 2.33. The Balaban J connectivity index is 1.51. The first-order chi connectivity index (χ1) is 17.4. The van der Waals surface area contributed by atoms with Gasteiger partial charge in [0, 0.05) is 46.6 Å². The van der Waals surface area contributed by atoms with E-state index < -0.39 is 5.54 Å². The van der Waals surface area contributed by atoms with E-state index in [0.717, 1.165) is 39.9 Å². The van der Waals surface area contributed by atoms with Crippen LogP contribution in [-0.2, 0) is 10.3 Å². The second kappa shape index (κ2) is 9.75. The summed E-state index contributed by atoms with van der Waals surface area (Å²) in [5, 5.41) is 14.7. The lowest BCUT2D eigenvalue weighted by Gasteiger charge is -2.34. The number of nitrogens with two attached hydrogens (primary N) is 1. The standard InChI is InChI=1S/C27H30N6O2S/c1-27(2,32-26(34)17-7-4-3-5-8-17)22-15-21-23(36-22)25(33-11-13-35-14-12-33)31-24(30-21)18-9-6-10-20(29)19(18)16-28/h3-10,15-16,24,28,30H,11-14,29H2,1-2H3,(H,32,34). The maximum atomic E-state index is 12.9. The molecule has 8 nitrogen and oxygen atoms in total. The van der Waals surface area contributed by atoms with Gasteiger partial charge in [-0.1, -0.05) is 30.3 Å². The molecule has 186 valence electrons. The van der Waals surface area contributed by atoms with E-state index in [-0.39, 0.29) is 12.1 Å². The van der Waals surface area contributed by atoms with Crippen molar-refractivity contribution < 1.29 is 9.53 Å². The van der Waals surface area contributed by atoms with Crippen LogP contribution in [0.1, 0.15) is 51.3 Å². The number of amidine groups is 1. The second-order valence-corrected chi connectivity index (χ2v) is 10.4. The number of nitrogen functional groups attached to an aromatic ring is 1. The number of anilines is 2. The highest BCUT2D eigenvalue weighted by atomic mass is 32.1. The monoisotopic (exact) mass is 502 g/mol. The Labute approximate surface area is 214 Å². The average molecular weight is 503 g/mol. The molecule has 5 N–H and O–H groups in total. The van der Waals surface area contributed by atoms with Crippen molar-refractivity contribution in [1.29, 1.82) is 5.41 Å². The van der Waals surface area contributed by atoms with Gasteiger partial charge in [-0.15, -0.1) is 11.3 Å². The van der Waals surface area contributed by atoms with Crippen molar-refractivity contribution in [2.75, 3.05) is 37.4 Å². The number of hydrogen-bond donors (Lipinski definition) is 4. The largest absolute Gasteiger partial charge is 0.398 e. The van der Waals surface area contributed by atoms with Gasteiger partial charge in [-0.3, -0.25) is 4.79 Å². The number of carbonyl (C=O) groups excluding carboxylic acids is 1. The molecule has 3 aromatic rings. The Morgan fingerprint density at radius 1 is 1.22 bits per heavy atom. The smallest absolute Gasteiger partial charge is 0.251 e. The van der Waals surface area contributed by atoms with Gasteiger partial charge in [0.25, 0.3) is 5.91 Å². The van der Waals surface area contributed by atoms with Crippen LogP contribution in [0, 0.1) is 5.41 Å². The third kappa shape index (κ3) is 4.59. The minimum Gasteiger partial charge on any atom is -0.398 e. The molecule has 1 atom stereocenters. The van der Waals surface area contributed by atoms with Crippen molar-refractivity contribution >= 4 is 40.7 Å². The number of aliphatic imine (C=N–C) groups is 1. The fourth-order valence-electron chi connectivity index (χ4n) is 4.49. The van der Waals surface area contributed by atoms with Crippen LogP contribution in [-0.4, -0.2) is 49.2 Å². The number of thiophene rings is 1. The molecule has 3 heterocycles. The Morgan fingerprint density at radius 2 is 1.97 bits per heavy atom. The first-order valence-corrected chi connectivity index (χ1v) is 12.8. The molecule has 2 aliphatic heterocycles. The summed E-state index contributed by atoms with van der Waals surface area (Å²) in [7, 11) is 0. The SMILES string of the molecule is CC(C)(NC(=O)c1ccccc1)c1cc2c(s1)C(N1CCOCC1)=NC(c1cccc(N)c1C=N)N2. The number of ether oxygens (including phenoxy) is 1. The zero-order valence-corrected chi connectivity index (χ0v) is 21.2. The van der Waals surface area contributed by atoms with Gasteiger partial charge in [-0.05, 0) is 38.1 Å². The van der Waals surface area contributed by atoms with E-state index in [1.807, 2.05) is 56.3 Å². The highest BCUT2D eigenvalue weighted by Crippen LogP contribution is 2.41. The highest BCUT2D eigenvalue weighted by molar-refractivity contribution is 7.15. The van der Waals surface area contributed by atoms with Crippen LogP contribution in [0.3, 0.4) is 0 Å². The van der Waals surface area contributed by atoms with Gasteiger partial charge in [0.1, 0.15) is 12.0 Å². The van der Waals surface area contributed by atoms with Crippen molar-refractivity contribution in [3.63, 3.8) is 0 Å². The van der Waals surface area contributed by atoms with Gasteiger partial charge >= 0.3 is 0 Å². The Hall–Kier alpha value is -3.69. The van der Waals surface area contributed by atoms with E-state index >= 15 is 0 Å². The summed E-state index contributed by atoms with van der Waals surface area (Å²) in [6.45, 7) is 6.82. The third-order valence-electron chi connectivity index (χ3n) is 6.48. The Morgan fingerprint density at radius 3 is 2.69 bits per heavy atom. The number of carbonyl (C=O) groups is 1. The molecule has 2 aliphatic rings. The summed E-state index contributed by atoms with van der Waals surface area (Å²) in [4.78, 5) is 22.3. The lowest BCUT2D eigenvalue weighted by molar-refractivity contribution is 0.0681. The number of benzene rings is 2. The number of rotatable bonds is 5. The summed E-state index contributed by atoms with van der Waals surface area (Å²) in [6, 6.07) is 17.0. The molecule has 5 rings (SSSR count). The van der Waals surface area contributed by atoms with Crippen LogP contribution < -0.4 is 16.4 Å². The molecule has 0 saturated carbocycles. The van der Waals surface area contributed by atoms with Crippen molar-refractivity contribution in [2.24, 2.45) is 4.99 Å². The van der Waals surface area contributed by atoms with Gasteiger partial charge in [0.15, 0.2) is 0 Å². The van der Waals surface area contributed by atoms with E-state index in [2.05, 4.69) is 21.6 Å². The van der Waals surface area contributed by atoms with Crippen LogP contribution in [0.5, 0.6) is 0 Å². The maximum Gasteiger partial charge on any atom is 0.251 e. The predicted octanol–water partition coefficient (Wildman–Crippen LogP) is 4.20. The van der Waals surface area contributed by atoms with Gasteiger partial charge in [0.05, 0.1) is 29.3 Å². The van der Waals surface area contributed by atoms with Crippen LogP contribution >= 0.6 is 11.3 Å². The number of hydrogen-bond acceptors (Lipinski definition) is 8. The molecular weight excluding hydrogens is 472 g/mol. The zero-order chi connectivity index (χ0) is 25.3. The molecular formula is C27H30N6O2S. The summed E-state index contributed by atoms with van der Waals surface area (Å²) in [5.74, 6) is 0.784.